The maximum absolute atomic E-state index is 12.1. The van der Waals surface area contributed by atoms with Crippen molar-refractivity contribution >= 4 is 30.5 Å². The van der Waals surface area contributed by atoms with Crippen molar-refractivity contribution in [2.24, 2.45) is 17.8 Å². The van der Waals surface area contributed by atoms with Crippen molar-refractivity contribution in [2.75, 3.05) is 60.8 Å². The van der Waals surface area contributed by atoms with Crippen LogP contribution in [0.1, 0.15) is 158 Å². The van der Waals surface area contributed by atoms with Crippen molar-refractivity contribution in [1.82, 2.24) is 5.32 Å². The van der Waals surface area contributed by atoms with E-state index in [2.05, 4.69) is 26.1 Å². The molecule has 0 aliphatic carbocycles. The molecule has 0 amide bonds. The molecule has 0 aliphatic heterocycles. The van der Waals surface area contributed by atoms with Gasteiger partial charge in [-0.15, -0.1) is 0 Å². The van der Waals surface area contributed by atoms with E-state index in [0.29, 0.717) is 26.0 Å². The molecule has 12 nitrogen and oxygen atoms in total. The molecule has 0 saturated carbocycles. The molecular formula is C43H85NO11. The fourth-order valence-electron chi connectivity index (χ4n) is 4.86. The molecular weight excluding hydrogens is 706 g/mol. The average Bonchev–Trinajstić information content (AvgIpc) is 3.19. The van der Waals surface area contributed by atoms with Crippen molar-refractivity contribution in [3.63, 3.8) is 0 Å². The minimum absolute atomic E-state index is 0.0155. The zero-order valence-corrected chi connectivity index (χ0v) is 37.1. The summed E-state index contributed by atoms with van der Waals surface area (Å²) in [6.07, 6.45) is 16.5. The molecule has 1 N–H and O–H groups in total. The number of carbonyl (C=O) groups is 5. The summed E-state index contributed by atoms with van der Waals surface area (Å²) in [5.41, 5.74) is 0. The van der Waals surface area contributed by atoms with Gasteiger partial charge >= 0.3 is 17.9 Å². The number of rotatable bonds is 33. The molecule has 0 rings (SSSR count). The Hall–Kier alpha value is -2.41. The smallest absolute Gasteiger partial charge is 0.308 e. The second kappa shape index (κ2) is 47.7. The lowest BCUT2D eigenvalue weighted by molar-refractivity contribution is -0.164. The Morgan fingerprint density at radius 3 is 1.51 bits per heavy atom. The first-order chi connectivity index (χ1) is 26.5. The van der Waals surface area contributed by atoms with Gasteiger partial charge in [-0.1, -0.05) is 113 Å². The highest BCUT2D eigenvalue weighted by molar-refractivity contribution is 5.72. The van der Waals surface area contributed by atoms with E-state index in [4.69, 9.17) is 28.4 Å². The Balaban J connectivity index is -0.000000409. The number of methoxy groups -OCH3 is 3. The van der Waals surface area contributed by atoms with Crippen LogP contribution in [0.2, 0.25) is 0 Å². The summed E-state index contributed by atoms with van der Waals surface area (Å²) in [6.45, 7) is 18.5. The molecule has 5 unspecified atom stereocenters. The van der Waals surface area contributed by atoms with Crippen LogP contribution in [0.3, 0.4) is 0 Å². The van der Waals surface area contributed by atoms with Gasteiger partial charge in [0.25, 0.3) is 0 Å². The van der Waals surface area contributed by atoms with Gasteiger partial charge in [0.2, 0.25) is 0 Å². The highest BCUT2D eigenvalue weighted by atomic mass is 16.6. The normalized spacial score (nSPS) is 13.1. The summed E-state index contributed by atoms with van der Waals surface area (Å²) < 4.78 is 31.1. The van der Waals surface area contributed by atoms with Gasteiger partial charge in [-0.2, -0.15) is 0 Å². The molecule has 0 heterocycles. The van der Waals surface area contributed by atoms with E-state index in [-0.39, 0.29) is 68.0 Å². The van der Waals surface area contributed by atoms with E-state index in [1.807, 2.05) is 34.6 Å². The molecule has 0 aliphatic rings. The van der Waals surface area contributed by atoms with Crippen LogP contribution >= 0.6 is 0 Å². The Morgan fingerprint density at radius 1 is 0.600 bits per heavy atom. The first-order valence-electron chi connectivity index (χ1n) is 21.1. The van der Waals surface area contributed by atoms with Crippen LogP contribution < -0.4 is 5.32 Å². The standard InChI is InChI=1S/C21H39NO6.C14H28O4.C6H12O.C2H6/c1-4-5-6-7-11-18(2)21(25)27-17-19(16-26-3)28-20(24)12-10-14-22-13-8-9-15-23;1-5-6-7-8-9-12(2)14(15)18-11-13(17-4)10-16-3;1-3-4-6(2)5-7;1-2/h15,18-19,22H,4-14,16-17H2,1-3H3;12-13H,5-11H2,1-4H3;5-6H,3-4H2,1-2H3;1-2H3. The maximum Gasteiger partial charge on any atom is 0.308 e. The van der Waals surface area contributed by atoms with E-state index in [0.717, 1.165) is 70.5 Å². The Labute approximate surface area is 336 Å². The molecule has 0 spiro atoms. The Morgan fingerprint density at radius 2 is 1.09 bits per heavy atom. The SMILES string of the molecule is CC.CCCC(C)C=O.CCCCCCC(C)C(=O)OCC(COC)OC.CCCCCCC(C)C(=O)OCC(COC)OC(=O)CCCNCCCC=O. The van der Waals surface area contributed by atoms with Crippen LogP contribution in [-0.2, 0) is 52.4 Å². The summed E-state index contributed by atoms with van der Waals surface area (Å²) in [4.78, 5) is 55.9. The second-order valence-corrected chi connectivity index (χ2v) is 13.7. The van der Waals surface area contributed by atoms with Crippen molar-refractivity contribution in [3.8, 4) is 0 Å². The second-order valence-electron chi connectivity index (χ2n) is 13.7. The molecule has 0 aromatic rings. The van der Waals surface area contributed by atoms with Crippen molar-refractivity contribution in [2.45, 2.75) is 170 Å². The minimum Gasteiger partial charge on any atom is -0.463 e. The van der Waals surface area contributed by atoms with E-state index < -0.39 is 6.10 Å². The third kappa shape index (κ3) is 44.2. The molecule has 0 radical (unpaired) electrons. The highest BCUT2D eigenvalue weighted by Gasteiger charge is 2.20. The van der Waals surface area contributed by atoms with Gasteiger partial charge in [-0.3, -0.25) is 14.4 Å². The topological polar surface area (TPSA) is 153 Å². The Kier molecular flexibility index (Phi) is 51.5. The van der Waals surface area contributed by atoms with Crippen molar-refractivity contribution < 1.29 is 52.4 Å². The molecule has 328 valence electrons. The van der Waals surface area contributed by atoms with E-state index in [1.54, 1.807) is 14.2 Å². The van der Waals surface area contributed by atoms with Gasteiger partial charge in [0, 0.05) is 40.1 Å². The predicted molar refractivity (Wildman–Crippen MR) is 221 cm³/mol. The van der Waals surface area contributed by atoms with Gasteiger partial charge in [-0.05, 0) is 45.2 Å². The first-order valence-corrected chi connectivity index (χ1v) is 21.1. The quantitative estimate of drug-likeness (QED) is 0.0294. The number of ether oxygens (including phenoxy) is 6. The largest absolute Gasteiger partial charge is 0.463 e. The maximum atomic E-state index is 12.1. The van der Waals surface area contributed by atoms with E-state index >= 15 is 0 Å². The van der Waals surface area contributed by atoms with Crippen molar-refractivity contribution in [3.05, 3.63) is 0 Å². The van der Waals surface area contributed by atoms with Crippen LogP contribution in [0.5, 0.6) is 0 Å². The summed E-state index contributed by atoms with van der Waals surface area (Å²) in [7, 11) is 4.71. The number of unbranched alkanes of at least 4 members (excludes halogenated alkanes) is 7. The minimum atomic E-state index is -0.589. The highest BCUT2D eigenvalue weighted by Crippen LogP contribution is 2.14. The molecule has 0 aromatic carbocycles. The third-order valence-electron chi connectivity index (χ3n) is 8.33. The predicted octanol–water partition coefficient (Wildman–Crippen LogP) is 8.49. The van der Waals surface area contributed by atoms with Crippen LogP contribution in [0, 0.1) is 17.8 Å². The summed E-state index contributed by atoms with van der Waals surface area (Å²) in [5, 5.41) is 3.17. The third-order valence-corrected chi connectivity index (χ3v) is 8.33. The summed E-state index contributed by atoms with van der Waals surface area (Å²) >= 11 is 0. The number of hydrogen-bond donors (Lipinski definition) is 1. The molecule has 0 aromatic heterocycles. The monoisotopic (exact) mass is 792 g/mol. The van der Waals surface area contributed by atoms with Crippen LogP contribution in [0.15, 0.2) is 0 Å². The lowest BCUT2D eigenvalue weighted by Gasteiger charge is -2.18. The number of carbonyl (C=O) groups excluding carboxylic acids is 5. The van der Waals surface area contributed by atoms with Gasteiger partial charge in [-0.25, -0.2) is 0 Å². The lowest BCUT2D eigenvalue weighted by atomic mass is 10.0. The zero-order chi connectivity index (χ0) is 42.5. The van der Waals surface area contributed by atoms with Gasteiger partial charge in [0.05, 0.1) is 25.0 Å². The first kappa shape index (κ1) is 59.3. The molecule has 12 heteroatoms. The van der Waals surface area contributed by atoms with E-state index in [9.17, 15) is 24.0 Å². The molecule has 5 atom stereocenters. The molecule has 0 fully saturated rings. The molecule has 0 bridgehead atoms. The summed E-state index contributed by atoms with van der Waals surface area (Å²) in [5.74, 6) is -0.633. The van der Waals surface area contributed by atoms with Crippen LogP contribution in [-0.4, -0.2) is 104 Å². The van der Waals surface area contributed by atoms with Gasteiger partial charge < -0.3 is 43.3 Å². The number of esters is 3. The van der Waals surface area contributed by atoms with Gasteiger partial charge in [0.15, 0.2) is 6.10 Å². The molecule has 0 saturated heterocycles. The van der Waals surface area contributed by atoms with Crippen LogP contribution in [0.25, 0.3) is 0 Å². The number of aldehydes is 2. The van der Waals surface area contributed by atoms with E-state index in [1.165, 1.54) is 39.2 Å². The lowest BCUT2D eigenvalue weighted by Crippen LogP contribution is -2.30. The fourth-order valence-corrected chi connectivity index (χ4v) is 4.86. The summed E-state index contributed by atoms with van der Waals surface area (Å²) in [6, 6.07) is 0. The Bertz CT molecular complexity index is 858. The fraction of sp³-hybridized carbons (Fsp3) is 0.884. The average molecular weight is 792 g/mol. The number of nitrogens with one attached hydrogen (secondary N) is 1. The zero-order valence-electron chi connectivity index (χ0n) is 37.1. The van der Waals surface area contributed by atoms with Gasteiger partial charge in [0.1, 0.15) is 31.9 Å². The number of hydrogen-bond acceptors (Lipinski definition) is 12. The van der Waals surface area contributed by atoms with Crippen LogP contribution in [0.4, 0.5) is 0 Å². The van der Waals surface area contributed by atoms with Crippen molar-refractivity contribution in [1.29, 1.82) is 0 Å². The molecule has 55 heavy (non-hydrogen) atoms.